The van der Waals surface area contributed by atoms with Crippen molar-refractivity contribution in [2.45, 2.75) is 31.1 Å². The van der Waals surface area contributed by atoms with Gasteiger partial charge in [0, 0.05) is 0 Å². The number of rotatable bonds is 2. The summed E-state index contributed by atoms with van der Waals surface area (Å²) in [5.41, 5.74) is 3.03. The van der Waals surface area contributed by atoms with E-state index in [0.717, 1.165) is 11.8 Å². The Morgan fingerprint density at radius 1 is 0.588 bits per heavy atom. The van der Waals surface area contributed by atoms with Crippen molar-refractivity contribution in [3.63, 3.8) is 0 Å². The van der Waals surface area contributed by atoms with Crippen molar-refractivity contribution in [2.75, 3.05) is 0 Å². The van der Waals surface area contributed by atoms with E-state index in [2.05, 4.69) is 60.7 Å². The van der Waals surface area contributed by atoms with Crippen LogP contribution in [0.3, 0.4) is 0 Å². The number of benzene rings is 2. The lowest BCUT2D eigenvalue weighted by molar-refractivity contribution is 0.624. The molecule has 0 saturated heterocycles. The van der Waals surface area contributed by atoms with Crippen LogP contribution in [0, 0.1) is 0 Å². The topological polar surface area (TPSA) is 0 Å². The van der Waals surface area contributed by atoms with Crippen molar-refractivity contribution in [1.82, 2.24) is 0 Å². The Kier molecular flexibility index (Phi) is 2.96. The summed E-state index contributed by atoms with van der Waals surface area (Å²) in [5, 5.41) is 0. The highest BCUT2D eigenvalue weighted by Gasteiger charge is 2.29. The monoisotopic (exact) mass is 222 g/mol. The van der Waals surface area contributed by atoms with Crippen LogP contribution in [-0.2, 0) is 0 Å². The van der Waals surface area contributed by atoms with Crippen molar-refractivity contribution < 1.29 is 0 Å². The summed E-state index contributed by atoms with van der Waals surface area (Å²) in [6.45, 7) is 0. The second-order valence-corrected chi connectivity index (χ2v) is 4.97. The summed E-state index contributed by atoms with van der Waals surface area (Å²) in [6, 6.07) is 22.0. The minimum atomic E-state index is 0.721. The zero-order valence-electron chi connectivity index (χ0n) is 10.0. The van der Waals surface area contributed by atoms with E-state index in [1.165, 1.54) is 30.4 Å². The van der Waals surface area contributed by atoms with Gasteiger partial charge in [0.1, 0.15) is 0 Å². The molecule has 0 bridgehead atoms. The summed E-state index contributed by atoms with van der Waals surface area (Å²) in [4.78, 5) is 0. The molecule has 0 aromatic heterocycles. The normalized spacial score (nSPS) is 23.8. The van der Waals surface area contributed by atoms with Crippen LogP contribution >= 0.6 is 0 Å². The molecule has 0 amide bonds. The van der Waals surface area contributed by atoms with E-state index in [1.54, 1.807) is 0 Å². The molecule has 2 aromatic carbocycles. The molecule has 1 aliphatic rings. The predicted molar refractivity (Wildman–Crippen MR) is 72.2 cm³/mol. The summed E-state index contributed by atoms with van der Waals surface area (Å²) >= 11 is 0. The molecule has 0 N–H and O–H groups in total. The quantitative estimate of drug-likeness (QED) is 0.688. The van der Waals surface area contributed by atoms with Crippen molar-refractivity contribution >= 4 is 0 Å². The highest BCUT2D eigenvalue weighted by atomic mass is 14.3. The van der Waals surface area contributed by atoms with Gasteiger partial charge in [-0.05, 0) is 35.8 Å². The molecule has 0 nitrogen and oxygen atoms in total. The first-order valence-corrected chi connectivity index (χ1v) is 6.55. The lowest BCUT2D eigenvalue weighted by Crippen LogP contribution is -2.04. The third-order valence-electron chi connectivity index (χ3n) is 3.97. The summed E-state index contributed by atoms with van der Waals surface area (Å²) in [7, 11) is 0. The van der Waals surface area contributed by atoms with Crippen LogP contribution in [0.15, 0.2) is 60.7 Å². The van der Waals surface area contributed by atoms with Crippen LogP contribution in [0.25, 0.3) is 0 Å². The maximum absolute atomic E-state index is 2.28. The van der Waals surface area contributed by atoms with E-state index in [-0.39, 0.29) is 0 Å². The molecule has 2 aromatic rings. The Morgan fingerprint density at radius 3 is 1.41 bits per heavy atom. The minimum Gasteiger partial charge on any atom is -0.0622 e. The van der Waals surface area contributed by atoms with Crippen LogP contribution in [0.1, 0.15) is 42.2 Å². The molecular formula is C17H18. The van der Waals surface area contributed by atoms with Gasteiger partial charge in [-0.15, -0.1) is 0 Å². The number of hydrogen-bond acceptors (Lipinski definition) is 0. The van der Waals surface area contributed by atoms with Gasteiger partial charge in [-0.1, -0.05) is 67.1 Å². The smallest absolute Gasteiger partial charge is 0.00931 e. The fourth-order valence-corrected chi connectivity index (χ4v) is 3.16. The maximum Gasteiger partial charge on any atom is -0.00931 e. The molecule has 86 valence electrons. The van der Waals surface area contributed by atoms with E-state index in [4.69, 9.17) is 0 Å². The van der Waals surface area contributed by atoms with E-state index in [9.17, 15) is 0 Å². The Labute approximate surface area is 103 Å². The largest absolute Gasteiger partial charge is 0.0622 e. The maximum atomic E-state index is 2.28. The first-order valence-electron chi connectivity index (χ1n) is 6.55. The molecule has 1 saturated carbocycles. The molecule has 3 rings (SSSR count). The van der Waals surface area contributed by atoms with E-state index in [0.29, 0.717) is 0 Å². The summed E-state index contributed by atoms with van der Waals surface area (Å²) < 4.78 is 0. The van der Waals surface area contributed by atoms with Gasteiger partial charge in [0.2, 0.25) is 0 Å². The van der Waals surface area contributed by atoms with Crippen LogP contribution < -0.4 is 0 Å². The summed E-state index contributed by atoms with van der Waals surface area (Å²) in [5.74, 6) is 1.44. The van der Waals surface area contributed by atoms with Gasteiger partial charge in [-0.3, -0.25) is 0 Å². The van der Waals surface area contributed by atoms with Gasteiger partial charge >= 0.3 is 0 Å². The third kappa shape index (κ3) is 2.12. The van der Waals surface area contributed by atoms with Gasteiger partial charge in [-0.25, -0.2) is 0 Å². The van der Waals surface area contributed by atoms with Crippen LogP contribution in [0.5, 0.6) is 0 Å². The molecule has 0 heteroatoms. The molecular weight excluding hydrogens is 204 g/mol. The molecule has 0 aliphatic heterocycles. The molecule has 2 atom stereocenters. The zero-order valence-corrected chi connectivity index (χ0v) is 10.0. The van der Waals surface area contributed by atoms with Gasteiger partial charge < -0.3 is 0 Å². The average Bonchev–Trinajstić information content (AvgIpc) is 2.90. The van der Waals surface area contributed by atoms with E-state index in [1.807, 2.05) is 0 Å². The average molecular weight is 222 g/mol. The zero-order chi connectivity index (χ0) is 11.5. The van der Waals surface area contributed by atoms with Crippen molar-refractivity contribution in [3.05, 3.63) is 71.8 Å². The van der Waals surface area contributed by atoms with Gasteiger partial charge in [0.25, 0.3) is 0 Å². The fraction of sp³-hybridized carbons (Fsp3) is 0.294. The fourth-order valence-electron chi connectivity index (χ4n) is 3.16. The SMILES string of the molecule is c1ccc([C@H]2CCC[C@@H]2c2ccccc2)cc1. The summed E-state index contributed by atoms with van der Waals surface area (Å²) in [6.07, 6.45) is 4.03. The van der Waals surface area contributed by atoms with Crippen LogP contribution in [-0.4, -0.2) is 0 Å². The lowest BCUT2D eigenvalue weighted by atomic mass is 9.84. The first kappa shape index (κ1) is 10.6. The Balaban J connectivity index is 1.91. The second-order valence-electron chi connectivity index (χ2n) is 4.97. The molecule has 17 heavy (non-hydrogen) atoms. The molecule has 0 radical (unpaired) electrons. The molecule has 1 fully saturated rings. The highest BCUT2D eigenvalue weighted by Crippen LogP contribution is 2.45. The number of hydrogen-bond donors (Lipinski definition) is 0. The van der Waals surface area contributed by atoms with Crippen molar-refractivity contribution in [3.8, 4) is 0 Å². The van der Waals surface area contributed by atoms with Crippen LogP contribution in [0.4, 0.5) is 0 Å². The van der Waals surface area contributed by atoms with Gasteiger partial charge in [0.05, 0.1) is 0 Å². The molecule has 0 unspecified atom stereocenters. The second kappa shape index (κ2) is 4.75. The van der Waals surface area contributed by atoms with Crippen LogP contribution in [0.2, 0.25) is 0 Å². The molecule has 1 aliphatic carbocycles. The highest BCUT2D eigenvalue weighted by molar-refractivity contribution is 5.30. The molecule has 0 heterocycles. The van der Waals surface area contributed by atoms with Crippen molar-refractivity contribution in [1.29, 1.82) is 0 Å². The Hall–Kier alpha value is -1.56. The Morgan fingerprint density at radius 2 is 1.00 bits per heavy atom. The van der Waals surface area contributed by atoms with Gasteiger partial charge in [0.15, 0.2) is 0 Å². The Bertz CT molecular complexity index is 412. The predicted octanol–water partition coefficient (Wildman–Crippen LogP) is 4.74. The lowest BCUT2D eigenvalue weighted by Gasteiger charge is -2.20. The standard InChI is InChI=1S/C17H18/c1-3-8-14(9-4-1)16-12-7-13-17(16)15-10-5-2-6-11-15/h1-6,8-11,16-17H,7,12-13H2/t16-,17-/m1/s1. The van der Waals surface area contributed by atoms with E-state index < -0.39 is 0 Å². The third-order valence-corrected chi connectivity index (χ3v) is 3.97. The molecule has 0 spiro atoms. The first-order chi connectivity index (χ1) is 8.45. The minimum absolute atomic E-state index is 0.721. The van der Waals surface area contributed by atoms with Gasteiger partial charge in [-0.2, -0.15) is 0 Å². The van der Waals surface area contributed by atoms with Crippen molar-refractivity contribution in [2.24, 2.45) is 0 Å². The van der Waals surface area contributed by atoms with E-state index >= 15 is 0 Å².